The Balaban J connectivity index is 1.36. The molecule has 2 aliphatic heterocycles. The van der Waals surface area contributed by atoms with Crippen molar-refractivity contribution in [3.63, 3.8) is 0 Å². The van der Waals surface area contributed by atoms with Crippen molar-refractivity contribution in [1.29, 1.82) is 0 Å². The second-order valence-electron chi connectivity index (χ2n) is 7.85. The van der Waals surface area contributed by atoms with Crippen molar-refractivity contribution in [1.82, 2.24) is 10.2 Å². The predicted molar refractivity (Wildman–Crippen MR) is 106 cm³/mol. The van der Waals surface area contributed by atoms with Crippen molar-refractivity contribution in [2.45, 2.75) is 12.8 Å². The van der Waals surface area contributed by atoms with Crippen LogP contribution in [0.5, 0.6) is 0 Å². The maximum atomic E-state index is 12.6. The van der Waals surface area contributed by atoms with Gasteiger partial charge in [0.05, 0.1) is 25.0 Å². The van der Waals surface area contributed by atoms with E-state index in [0.29, 0.717) is 26.2 Å². The summed E-state index contributed by atoms with van der Waals surface area (Å²) in [7, 11) is 0. The molecule has 0 aliphatic carbocycles. The number of carboxylic acids is 1. The van der Waals surface area contributed by atoms with Crippen molar-refractivity contribution >= 4 is 28.6 Å². The molecule has 7 heteroatoms. The van der Waals surface area contributed by atoms with Gasteiger partial charge in [0.15, 0.2) is 0 Å². The van der Waals surface area contributed by atoms with Crippen LogP contribution in [0.4, 0.5) is 0 Å². The molecular formula is C22H24N2O5. The molecule has 4 rings (SSSR count). The number of amides is 2. The van der Waals surface area contributed by atoms with E-state index >= 15 is 0 Å². The molecule has 0 radical (unpaired) electrons. The number of hydrogen-bond acceptors (Lipinski definition) is 4. The molecule has 0 saturated carbocycles. The molecule has 0 aromatic heterocycles. The zero-order valence-corrected chi connectivity index (χ0v) is 16.1. The average molecular weight is 396 g/mol. The van der Waals surface area contributed by atoms with E-state index in [-0.39, 0.29) is 37.2 Å². The molecular weight excluding hydrogens is 372 g/mol. The van der Waals surface area contributed by atoms with Crippen molar-refractivity contribution < 1.29 is 24.2 Å². The summed E-state index contributed by atoms with van der Waals surface area (Å²) in [5.41, 5.74) is -0.0249. The van der Waals surface area contributed by atoms with Gasteiger partial charge < -0.3 is 20.1 Å². The molecule has 29 heavy (non-hydrogen) atoms. The Morgan fingerprint density at radius 2 is 1.97 bits per heavy atom. The maximum Gasteiger partial charge on any atom is 0.311 e. The number of ether oxygens (including phenoxy) is 1. The zero-order valence-electron chi connectivity index (χ0n) is 16.1. The second-order valence-corrected chi connectivity index (χ2v) is 7.85. The zero-order chi connectivity index (χ0) is 20.4. The highest BCUT2D eigenvalue weighted by Crippen LogP contribution is 2.42. The number of carbonyl (C=O) groups excluding carboxylic acids is 2. The van der Waals surface area contributed by atoms with Crippen LogP contribution in [0.15, 0.2) is 42.5 Å². The van der Waals surface area contributed by atoms with E-state index in [1.807, 2.05) is 42.5 Å². The van der Waals surface area contributed by atoms with Gasteiger partial charge in [0.25, 0.3) is 0 Å². The van der Waals surface area contributed by atoms with E-state index in [9.17, 15) is 19.5 Å². The van der Waals surface area contributed by atoms with E-state index in [1.54, 1.807) is 4.90 Å². The van der Waals surface area contributed by atoms with E-state index in [0.717, 1.165) is 16.3 Å². The molecule has 2 heterocycles. The first-order valence-electron chi connectivity index (χ1n) is 9.82. The summed E-state index contributed by atoms with van der Waals surface area (Å²) in [4.78, 5) is 38.4. The van der Waals surface area contributed by atoms with Gasteiger partial charge in [-0.15, -0.1) is 0 Å². The third-order valence-corrected chi connectivity index (χ3v) is 6.15. The average Bonchev–Trinajstić information content (AvgIpc) is 3.14. The van der Waals surface area contributed by atoms with Gasteiger partial charge in [-0.1, -0.05) is 42.5 Å². The predicted octanol–water partition coefficient (Wildman–Crippen LogP) is 1.45. The van der Waals surface area contributed by atoms with Crippen LogP contribution >= 0.6 is 0 Å². The van der Waals surface area contributed by atoms with Crippen LogP contribution < -0.4 is 5.32 Å². The van der Waals surface area contributed by atoms with Crippen LogP contribution in [0.25, 0.3) is 10.8 Å². The molecule has 0 spiro atoms. The van der Waals surface area contributed by atoms with Gasteiger partial charge in [0, 0.05) is 25.6 Å². The maximum absolute atomic E-state index is 12.6. The molecule has 2 aromatic rings. The fourth-order valence-electron chi connectivity index (χ4n) is 4.46. The van der Waals surface area contributed by atoms with Crippen LogP contribution in [-0.4, -0.2) is 60.6 Å². The highest BCUT2D eigenvalue weighted by molar-refractivity contribution is 5.91. The number of fused-ring (bicyclic) bond motifs is 2. The first-order valence-corrected chi connectivity index (χ1v) is 9.82. The van der Waals surface area contributed by atoms with E-state index in [4.69, 9.17) is 4.74 Å². The normalized spacial score (nSPS) is 23.6. The lowest BCUT2D eigenvalue weighted by Gasteiger charge is -2.33. The fourth-order valence-corrected chi connectivity index (χ4v) is 4.46. The summed E-state index contributed by atoms with van der Waals surface area (Å²) in [6, 6.07) is 13.7. The Labute approximate surface area is 168 Å². The lowest BCUT2D eigenvalue weighted by molar-refractivity contribution is -0.157. The molecule has 2 saturated heterocycles. The summed E-state index contributed by atoms with van der Waals surface area (Å²) in [6.07, 6.45) is 0.592. The number of hydrogen-bond donors (Lipinski definition) is 2. The molecule has 152 valence electrons. The van der Waals surface area contributed by atoms with Gasteiger partial charge in [0.1, 0.15) is 0 Å². The van der Waals surface area contributed by atoms with E-state index in [1.165, 1.54) is 0 Å². The highest BCUT2D eigenvalue weighted by atomic mass is 16.5. The molecule has 2 aromatic carbocycles. The summed E-state index contributed by atoms with van der Waals surface area (Å²) >= 11 is 0. The number of benzene rings is 2. The lowest BCUT2D eigenvalue weighted by atomic mass is 9.74. The molecule has 2 fully saturated rings. The number of aliphatic carboxylic acids is 1. The minimum Gasteiger partial charge on any atom is -0.481 e. The molecule has 0 unspecified atom stereocenters. The lowest BCUT2D eigenvalue weighted by Crippen LogP contribution is -2.45. The van der Waals surface area contributed by atoms with Crippen molar-refractivity contribution in [3.05, 3.63) is 48.0 Å². The van der Waals surface area contributed by atoms with Crippen LogP contribution in [-0.2, 0) is 25.5 Å². The molecule has 0 bridgehead atoms. The molecule has 7 nitrogen and oxygen atoms in total. The highest BCUT2D eigenvalue weighted by Gasteiger charge is 2.54. The van der Waals surface area contributed by atoms with Gasteiger partial charge in [-0.05, 0) is 22.8 Å². The smallest absolute Gasteiger partial charge is 0.311 e. The minimum absolute atomic E-state index is 0.132. The minimum atomic E-state index is -0.930. The number of rotatable bonds is 5. The van der Waals surface area contributed by atoms with E-state index in [2.05, 4.69) is 5.32 Å². The van der Waals surface area contributed by atoms with Gasteiger partial charge in [-0.25, -0.2) is 0 Å². The molecule has 2 N–H and O–H groups in total. The summed E-state index contributed by atoms with van der Waals surface area (Å²) in [6.45, 7) is 1.14. The Bertz CT molecular complexity index is 954. The van der Waals surface area contributed by atoms with Crippen molar-refractivity contribution in [2.24, 2.45) is 11.3 Å². The molecule has 2 atom stereocenters. The quantitative estimate of drug-likeness (QED) is 0.798. The second kappa shape index (κ2) is 7.83. The van der Waals surface area contributed by atoms with Crippen molar-refractivity contribution in [3.8, 4) is 0 Å². The van der Waals surface area contributed by atoms with Gasteiger partial charge in [0.2, 0.25) is 11.8 Å². The van der Waals surface area contributed by atoms with Crippen molar-refractivity contribution in [2.75, 3.05) is 32.8 Å². The van der Waals surface area contributed by atoms with Gasteiger partial charge in [-0.2, -0.15) is 0 Å². The largest absolute Gasteiger partial charge is 0.481 e. The van der Waals surface area contributed by atoms with Crippen LogP contribution in [0.2, 0.25) is 0 Å². The number of carboxylic acid groups (broad SMARTS) is 1. The third-order valence-electron chi connectivity index (χ3n) is 6.15. The SMILES string of the molecule is O=C(Cc1cccc2ccccc12)NCC(=O)N1C[C@H]2COCC[C@@]2(C(=O)O)C1. The summed E-state index contributed by atoms with van der Waals surface area (Å²) in [5.74, 6) is -1.57. The standard InChI is InChI=1S/C22H24N2O5/c25-19(10-16-6-3-5-15-4-1-2-7-18(15)16)23-11-20(26)24-12-17-13-29-9-8-22(17,14-24)21(27)28/h1-7,17H,8-14H2,(H,23,25)(H,27,28)/t17-,22+/m0/s1. The first-order chi connectivity index (χ1) is 14.0. The number of likely N-dealkylation sites (tertiary alicyclic amines) is 1. The Morgan fingerprint density at radius 3 is 2.76 bits per heavy atom. The molecule has 2 aliphatic rings. The van der Waals surface area contributed by atoms with Gasteiger partial charge in [-0.3, -0.25) is 14.4 Å². The first kappa shape index (κ1) is 19.4. The van der Waals surface area contributed by atoms with Crippen LogP contribution in [0, 0.1) is 11.3 Å². The number of nitrogens with zero attached hydrogens (tertiary/aromatic N) is 1. The Hall–Kier alpha value is -2.93. The number of carbonyl (C=O) groups is 3. The third kappa shape index (κ3) is 3.70. The topological polar surface area (TPSA) is 95.9 Å². The van der Waals surface area contributed by atoms with Crippen LogP contribution in [0.1, 0.15) is 12.0 Å². The molecule has 2 amide bonds. The summed E-state index contributed by atoms with van der Waals surface area (Å²) < 4.78 is 5.42. The van der Waals surface area contributed by atoms with Gasteiger partial charge >= 0.3 is 5.97 Å². The Morgan fingerprint density at radius 1 is 1.17 bits per heavy atom. The summed E-state index contributed by atoms with van der Waals surface area (Å²) in [5, 5.41) is 14.5. The van der Waals surface area contributed by atoms with E-state index < -0.39 is 11.4 Å². The monoisotopic (exact) mass is 396 g/mol. The van der Waals surface area contributed by atoms with Crippen LogP contribution in [0.3, 0.4) is 0 Å². The fraction of sp³-hybridized carbons (Fsp3) is 0.409. The Kier molecular flexibility index (Phi) is 5.24. The number of nitrogens with one attached hydrogen (secondary N) is 1.